The van der Waals surface area contributed by atoms with E-state index in [1.807, 2.05) is 0 Å². The maximum Gasteiger partial charge on any atom is 0.284 e. The predicted molar refractivity (Wildman–Crippen MR) is 94.5 cm³/mol. The van der Waals surface area contributed by atoms with Crippen LogP contribution in [0.1, 0.15) is 27.4 Å². The molecule has 140 valence electrons. The summed E-state index contributed by atoms with van der Waals surface area (Å²) in [5, 5.41) is 5.59. The molecule has 0 atom stereocenters. The molecule has 0 aliphatic carbocycles. The predicted octanol–water partition coefficient (Wildman–Crippen LogP) is 2.24. The highest BCUT2D eigenvalue weighted by Crippen LogP contribution is 2.21. The van der Waals surface area contributed by atoms with Gasteiger partial charge in [0.2, 0.25) is 5.91 Å². The summed E-state index contributed by atoms with van der Waals surface area (Å²) in [5.74, 6) is -2.07. The molecule has 0 unspecified atom stereocenters. The fourth-order valence-corrected chi connectivity index (χ4v) is 2.56. The summed E-state index contributed by atoms with van der Waals surface area (Å²) in [6, 6.07) is 10.3. The highest BCUT2D eigenvalue weighted by atomic mass is 32.2. The molecule has 2 amide bonds. The van der Waals surface area contributed by atoms with Crippen molar-refractivity contribution in [3.8, 4) is 0 Å². The maximum absolute atomic E-state index is 12.1. The first-order valence-corrected chi connectivity index (χ1v) is 8.82. The Balaban J connectivity index is 1.76. The standard InChI is InChI=1S/C17H19F2N3O3S/c18-17(19)26-10-14-6-5-13(25-14)8-21-7-11-1-3-12(4-2-11)16(24)22-9-15(20)23/h1-6,17,21H,7-10H2,(H2,20,23)(H,22,24). The molecule has 0 bridgehead atoms. The van der Waals surface area contributed by atoms with E-state index in [1.165, 1.54) is 0 Å². The number of amides is 2. The molecule has 26 heavy (non-hydrogen) atoms. The number of nitrogens with one attached hydrogen (secondary N) is 2. The first-order chi connectivity index (χ1) is 12.4. The summed E-state index contributed by atoms with van der Waals surface area (Å²) in [6.45, 7) is 0.800. The normalized spacial score (nSPS) is 10.9. The first-order valence-electron chi connectivity index (χ1n) is 7.77. The van der Waals surface area contributed by atoms with Gasteiger partial charge in [0.05, 0.1) is 18.8 Å². The summed E-state index contributed by atoms with van der Waals surface area (Å²) < 4.78 is 29.7. The minimum absolute atomic E-state index is 0.136. The van der Waals surface area contributed by atoms with Crippen LogP contribution >= 0.6 is 11.8 Å². The number of benzene rings is 1. The van der Waals surface area contributed by atoms with Gasteiger partial charge in [-0.2, -0.15) is 8.78 Å². The highest BCUT2D eigenvalue weighted by molar-refractivity contribution is 7.98. The summed E-state index contributed by atoms with van der Waals surface area (Å²) in [6.07, 6.45) is 0. The topological polar surface area (TPSA) is 97.4 Å². The lowest BCUT2D eigenvalue weighted by Gasteiger charge is -2.06. The van der Waals surface area contributed by atoms with Gasteiger partial charge in [-0.1, -0.05) is 23.9 Å². The number of alkyl halides is 2. The zero-order valence-electron chi connectivity index (χ0n) is 13.8. The van der Waals surface area contributed by atoms with Crippen LogP contribution in [0.3, 0.4) is 0 Å². The van der Waals surface area contributed by atoms with Crippen LogP contribution in [0.4, 0.5) is 8.78 Å². The van der Waals surface area contributed by atoms with E-state index in [9.17, 15) is 18.4 Å². The number of hydrogen-bond donors (Lipinski definition) is 3. The monoisotopic (exact) mass is 383 g/mol. The number of nitrogens with two attached hydrogens (primary N) is 1. The van der Waals surface area contributed by atoms with Gasteiger partial charge < -0.3 is 20.8 Å². The fourth-order valence-electron chi connectivity index (χ4n) is 2.11. The van der Waals surface area contributed by atoms with E-state index in [4.69, 9.17) is 10.2 Å². The third-order valence-corrected chi connectivity index (χ3v) is 4.04. The molecule has 1 aromatic carbocycles. The molecular weight excluding hydrogens is 364 g/mol. The zero-order chi connectivity index (χ0) is 18.9. The van der Waals surface area contributed by atoms with Crippen LogP contribution in [0.25, 0.3) is 0 Å². The third kappa shape index (κ3) is 6.85. The molecule has 0 spiro atoms. The molecule has 1 aromatic heterocycles. The van der Waals surface area contributed by atoms with Crippen LogP contribution in [0.15, 0.2) is 40.8 Å². The average molecular weight is 383 g/mol. The molecule has 6 nitrogen and oxygen atoms in total. The van der Waals surface area contributed by atoms with Gasteiger partial charge in [-0.05, 0) is 29.8 Å². The van der Waals surface area contributed by atoms with E-state index in [0.717, 1.165) is 5.56 Å². The zero-order valence-corrected chi connectivity index (χ0v) is 14.7. The van der Waals surface area contributed by atoms with E-state index in [0.29, 0.717) is 41.9 Å². The molecular formula is C17H19F2N3O3S. The van der Waals surface area contributed by atoms with Crippen molar-refractivity contribution in [2.24, 2.45) is 5.73 Å². The number of carbonyl (C=O) groups is 2. The quantitative estimate of drug-likeness (QED) is 0.585. The summed E-state index contributed by atoms with van der Waals surface area (Å²) in [7, 11) is 0. The number of halogens is 2. The minimum atomic E-state index is -2.41. The van der Waals surface area contributed by atoms with Gasteiger partial charge in [0.25, 0.3) is 11.7 Å². The van der Waals surface area contributed by atoms with Crippen molar-refractivity contribution in [2.45, 2.75) is 24.6 Å². The smallest absolute Gasteiger partial charge is 0.284 e. The Morgan fingerprint density at radius 1 is 1.08 bits per heavy atom. The second kappa shape index (κ2) is 9.93. The molecule has 0 aliphatic heterocycles. The van der Waals surface area contributed by atoms with E-state index < -0.39 is 11.7 Å². The van der Waals surface area contributed by atoms with Crippen molar-refractivity contribution in [2.75, 3.05) is 6.54 Å². The number of hydrogen-bond acceptors (Lipinski definition) is 5. The minimum Gasteiger partial charge on any atom is -0.464 e. The second-order valence-corrected chi connectivity index (χ2v) is 6.37. The van der Waals surface area contributed by atoms with Crippen molar-refractivity contribution in [1.82, 2.24) is 10.6 Å². The van der Waals surface area contributed by atoms with E-state index in [2.05, 4.69) is 10.6 Å². The number of thioether (sulfide) groups is 1. The number of rotatable bonds is 10. The summed E-state index contributed by atoms with van der Waals surface area (Å²) >= 11 is 0.521. The van der Waals surface area contributed by atoms with Crippen LogP contribution in [0.5, 0.6) is 0 Å². The number of carbonyl (C=O) groups excluding carboxylic acids is 2. The molecule has 0 radical (unpaired) electrons. The van der Waals surface area contributed by atoms with Crippen molar-refractivity contribution >= 4 is 23.6 Å². The summed E-state index contributed by atoms with van der Waals surface area (Å²) in [4.78, 5) is 22.4. The van der Waals surface area contributed by atoms with Crippen LogP contribution in [-0.2, 0) is 23.6 Å². The largest absolute Gasteiger partial charge is 0.464 e. The molecule has 4 N–H and O–H groups in total. The van der Waals surface area contributed by atoms with E-state index in [-0.39, 0.29) is 18.2 Å². The molecule has 0 aliphatic rings. The molecule has 0 fully saturated rings. The van der Waals surface area contributed by atoms with Crippen LogP contribution in [0.2, 0.25) is 0 Å². The second-order valence-electron chi connectivity index (χ2n) is 5.39. The van der Waals surface area contributed by atoms with Crippen molar-refractivity contribution in [3.05, 3.63) is 59.0 Å². The lowest BCUT2D eigenvalue weighted by molar-refractivity contribution is -0.117. The van der Waals surface area contributed by atoms with Crippen LogP contribution in [-0.4, -0.2) is 24.1 Å². The first kappa shape index (κ1) is 19.9. The Labute approximate surface area is 153 Å². The maximum atomic E-state index is 12.1. The van der Waals surface area contributed by atoms with Gasteiger partial charge in [-0.3, -0.25) is 9.59 Å². The molecule has 1 heterocycles. The van der Waals surface area contributed by atoms with Gasteiger partial charge in [-0.25, -0.2) is 0 Å². The highest BCUT2D eigenvalue weighted by Gasteiger charge is 2.08. The molecule has 2 aromatic rings. The third-order valence-electron chi connectivity index (χ3n) is 3.34. The van der Waals surface area contributed by atoms with Crippen molar-refractivity contribution < 1.29 is 22.8 Å². The van der Waals surface area contributed by atoms with Gasteiger partial charge in [0, 0.05) is 12.1 Å². The van der Waals surface area contributed by atoms with Crippen molar-refractivity contribution in [3.63, 3.8) is 0 Å². The van der Waals surface area contributed by atoms with E-state index >= 15 is 0 Å². The Bertz CT molecular complexity index is 735. The number of furan rings is 1. The SMILES string of the molecule is NC(=O)CNC(=O)c1ccc(CNCc2ccc(CSC(F)F)o2)cc1. The van der Waals surface area contributed by atoms with Gasteiger partial charge in [-0.15, -0.1) is 0 Å². The van der Waals surface area contributed by atoms with Gasteiger partial charge in [0.15, 0.2) is 0 Å². The van der Waals surface area contributed by atoms with Gasteiger partial charge >= 0.3 is 0 Å². The fraction of sp³-hybridized carbons (Fsp3) is 0.294. The molecule has 0 saturated carbocycles. The van der Waals surface area contributed by atoms with Crippen LogP contribution in [0, 0.1) is 0 Å². The average Bonchev–Trinajstić information content (AvgIpc) is 3.06. The molecule has 2 rings (SSSR count). The van der Waals surface area contributed by atoms with Gasteiger partial charge in [0.1, 0.15) is 11.5 Å². The Kier molecular flexibility index (Phi) is 7.61. The summed E-state index contributed by atoms with van der Waals surface area (Å²) in [5.41, 5.74) is 6.36. The number of primary amides is 1. The lowest BCUT2D eigenvalue weighted by Crippen LogP contribution is -2.33. The van der Waals surface area contributed by atoms with E-state index in [1.54, 1.807) is 36.4 Å². The Hall–Kier alpha value is -2.39. The van der Waals surface area contributed by atoms with Crippen molar-refractivity contribution in [1.29, 1.82) is 0 Å². The molecule has 0 saturated heterocycles. The lowest BCUT2D eigenvalue weighted by atomic mass is 10.1. The Morgan fingerprint density at radius 2 is 1.77 bits per heavy atom. The Morgan fingerprint density at radius 3 is 2.42 bits per heavy atom. The molecule has 9 heteroatoms. The van der Waals surface area contributed by atoms with Crippen LogP contribution < -0.4 is 16.4 Å².